The molecule has 0 unspecified atom stereocenters. The summed E-state index contributed by atoms with van der Waals surface area (Å²) in [6.07, 6.45) is 0. The summed E-state index contributed by atoms with van der Waals surface area (Å²) < 4.78 is 13.0. The summed E-state index contributed by atoms with van der Waals surface area (Å²) in [5.74, 6) is 1.76. The molecule has 0 radical (unpaired) electrons. The number of nitrogens with zero attached hydrogens (tertiary/aromatic N) is 2. The van der Waals surface area contributed by atoms with E-state index in [2.05, 4.69) is 216 Å². The van der Waals surface area contributed by atoms with Crippen molar-refractivity contribution in [3.63, 3.8) is 0 Å². The van der Waals surface area contributed by atoms with Gasteiger partial charge < -0.3 is 19.0 Å². The van der Waals surface area contributed by atoms with Crippen LogP contribution in [0.5, 0.6) is 11.5 Å². The minimum Gasteiger partial charge on any atom is -0.457 e. The molecule has 0 saturated carbocycles. The number of ether oxygens (including phenoxy) is 1. The first kappa shape index (κ1) is 33.3. The Kier molecular flexibility index (Phi) is 7.41. The van der Waals surface area contributed by atoms with Crippen molar-refractivity contribution in [3.05, 3.63) is 241 Å². The van der Waals surface area contributed by atoms with E-state index < -0.39 is 5.41 Å². The van der Waals surface area contributed by atoms with Crippen LogP contribution in [-0.2, 0) is 5.41 Å². The van der Waals surface area contributed by atoms with E-state index in [1.807, 2.05) is 12.1 Å². The van der Waals surface area contributed by atoms with Crippen LogP contribution in [0, 0.1) is 0 Å². The highest BCUT2D eigenvalue weighted by atomic mass is 16.5. The van der Waals surface area contributed by atoms with Crippen LogP contribution in [0.4, 0.5) is 34.1 Å². The summed E-state index contributed by atoms with van der Waals surface area (Å²) in [5, 5.41) is 2.17. The van der Waals surface area contributed by atoms with E-state index in [9.17, 15) is 0 Å². The first-order chi connectivity index (χ1) is 29.3. The highest BCUT2D eigenvalue weighted by Gasteiger charge is 2.51. The predicted molar refractivity (Wildman–Crippen MR) is 240 cm³/mol. The van der Waals surface area contributed by atoms with Gasteiger partial charge in [0.05, 0.1) is 5.41 Å². The molecule has 1 aromatic heterocycles. The van der Waals surface area contributed by atoms with Gasteiger partial charge in [-0.1, -0.05) is 127 Å². The molecule has 0 amide bonds. The molecular weight excluding hydrogens is 721 g/mol. The van der Waals surface area contributed by atoms with E-state index in [-0.39, 0.29) is 0 Å². The van der Waals surface area contributed by atoms with Crippen molar-refractivity contribution < 1.29 is 9.15 Å². The lowest BCUT2D eigenvalue weighted by Crippen LogP contribution is -2.32. The maximum Gasteiger partial charge on any atom is 0.135 e. The fourth-order valence-electron chi connectivity index (χ4n) is 9.65. The van der Waals surface area contributed by atoms with E-state index in [0.29, 0.717) is 0 Å². The van der Waals surface area contributed by atoms with Crippen molar-refractivity contribution in [3.8, 4) is 22.6 Å². The average Bonchev–Trinajstić information content (AvgIpc) is 3.81. The molecule has 1 aliphatic carbocycles. The van der Waals surface area contributed by atoms with Crippen molar-refractivity contribution in [2.45, 2.75) is 5.41 Å². The van der Waals surface area contributed by atoms with Crippen LogP contribution in [0.1, 0.15) is 22.3 Å². The lowest BCUT2D eigenvalue weighted by atomic mass is 9.66. The quantitative estimate of drug-likeness (QED) is 0.169. The third kappa shape index (κ3) is 5.03. The zero-order valence-corrected chi connectivity index (χ0v) is 32.0. The first-order valence-electron chi connectivity index (χ1n) is 20.1. The third-order valence-electron chi connectivity index (χ3n) is 12.1. The number of hydrogen-bond donors (Lipinski definition) is 0. The van der Waals surface area contributed by atoms with E-state index in [0.717, 1.165) is 78.7 Å². The Labute approximate surface area is 342 Å². The lowest BCUT2D eigenvalue weighted by Gasteiger charge is -2.39. The minimum atomic E-state index is -0.594. The molecule has 0 bridgehead atoms. The summed E-state index contributed by atoms with van der Waals surface area (Å²) in [5.41, 5.74) is 14.7. The molecule has 0 N–H and O–H groups in total. The molecule has 0 atom stereocenters. The molecule has 10 aromatic rings. The number of anilines is 6. The monoisotopic (exact) mass is 756 g/mol. The van der Waals surface area contributed by atoms with Gasteiger partial charge in [0.15, 0.2) is 0 Å². The Morgan fingerprint density at radius 2 is 0.797 bits per heavy atom. The Bertz CT molecular complexity index is 3140. The summed E-state index contributed by atoms with van der Waals surface area (Å²) in [6.45, 7) is 0. The van der Waals surface area contributed by atoms with Crippen LogP contribution in [0.15, 0.2) is 223 Å². The van der Waals surface area contributed by atoms with E-state index >= 15 is 0 Å². The molecule has 59 heavy (non-hydrogen) atoms. The standard InChI is InChI=1S/C55H36N2O2/c1-3-16-37(17-4-1)56(38-18-5-2-6-19-38)39-20-15-21-40(34-39)57(41-31-33-52-46(35-41)45-23-8-12-27-51(45)58-52)42-30-32-44-43-22-7-9-24-47(43)55(50(44)36-42)48-25-10-13-28-53(48)59-54-29-14-11-26-49(54)55/h1-36H. The van der Waals surface area contributed by atoms with Gasteiger partial charge >= 0.3 is 0 Å². The number of rotatable bonds is 6. The second-order valence-electron chi connectivity index (χ2n) is 15.3. The number of fused-ring (bicyclic) bond motifs is 12. The van der Waals surface area contributed by atoms with Crippen LogP contribution < -0.4 is 14.5 Å². The van der Waals surface area contributed by atoms with Crippen molar-refractivity contribution >= 4 is 56.1 Å². The summed E-state index contributed by atoms with van der Waals surface area (Å²) >= 11 is 0. The predicted octanol–water partition coefficient (Wildman–Crippen LogP) is 15.0. The molecule has 1 spiro atoms. The Balaban J connectivity index is 1.12. The van der Waals surface area contributed by atoms with Gasteiger partial charge in [-0.2, -0.15) is 0 Å². The van der Waals surface area contributed by atoms with Gasteiger partial charge in [0.2, 0.25) is 0 Å². The lowest BCUT2D eigenvalue weighted by molar-refractivity contribution is 0.436. The smallest absolute Gasteiger partial charge is 0.135 e. The van der Waals surface area contributed by atoms with Crippen LogP contribution >= 0.6 is 0 Å². The van der Waals surface area contributed by atoms with E-state index in [4.69, 9.17) is 9.15 Å². The molecule has 4 heteroatoms. The van der Waals surface area contributed by atoms with Crippen LogP contribution in [0.25, 0.3) is 33.1 Å². The van der Waals surface area contributed by atoms with Gasteiger partial charge in [-0.3, -0.25) is 0 Å². The molecule has 4 nitrogen and oxygen atoms in total. The topological polar surface area (TPSA) is 28.9 Å². The van der Waals surface area contributed by atoms with Crippen LogP contribution in [0.3, 0.4) is 0 Å². The van der Waals surface area contributed by atoms with Crippen molar-refractivity contribution in [2.24, 2.45) is 0 Å². The molecular formula is C55H36N2O2. The maximum absolute atomic E-state index is 6.66. The van der Waals surface area contributed by atoms with Crippen molar-refractivity contribution in [1.29, 1.82) is 0 Å². The molecule has 12 rings (SSSR count). The highest BCUT2D eigenvalue weighted by molar-refractivity contribution is 6.06. The second kappa shape index (κ2) is 13.1. The van der Waals surface area contributed by atoms with Gasteiger partial charge in [-0.15, -0.1) is 0 Å². The van der Waals surface area contributed by atoms with Gasteiger partial charge in [0.25, 0.3) is 0 Å². The van der Waals surface area contributed by atoms with E-state index in [1.165, 1.54) is 22.3 Å². The normalized spacial score (nSPS) is 13.0. The first-order valence-corrected chi connectivity index (χ1v) is 20.1. The van der Waals surface area contributed by atoms with Gasteiger partial charge in [0.1, 0.15) is 22.7 Å². The molecule has 0 saturated heterocycles. The van der Waals surface area contributed by atoms with Gasteiger partial charge in [-0.05, 0) is 113 Å². The summed E-state index contributed by atoms with van der Waals surface area (Å²) in [7, 11) is 0. The zero-order valence-electron chi connectivity index (χ0n) is 32.0. The number of hydrogen-bond acceptors (Lipinski definition) is 4. The molecule has 2 heterocycles. The maximum atomic E-state index is 6.66. The summed E-state index contributed by atoms with van der Waals surface area (Å²) in [6, 6.07) is 77.9. The molecule has 2 aliphatic rings. The second-order valence-corrected chi connectivity index (χ2v) is 15.3. The molecule has 1 aliphatic heterocycles. The van der Waals surface area contributed by atoms with Gasteiger partial charge in [0, 0.05) is 56.0 Å². The average molecular weight is 757 g/mol. The largest absolute Gasteiger partial charge is 0.457 e. The van der Waals surface area contributed by atoms with Crippen molar-refractivity contribution in [2.75, 3.05) is 9.80 Å². The molecule has 9 aromatic carbocycles. The zero-order chi connectivity index (χ0) is 38.9. The van der Waals surface area contributed by atoms with E-state index in [1.54, 1.807) is 0 Å². The van der Waals surface area contributed by atoms with Crippen LogP contribution in [-0.4, -0.2) is 0 Å². The number of furan rings is 1. The van der Waals surface area contributed by atoms with Gasteiger partial charge in [-0.25, -0.2) is 0 Å². The highest BCUT2D eigenvalue weighted by Crippen LogP contribution is 2.62. The SMILES string of the molecule is c1ccc(N(c2ccccc2)c2cccc(N(c3ccc4c(c3)C3(c5ccccc5Oc5ccccc53)c3ccccc3-4)c3ccc4oc5ccccc5c4c3)c2)cc1. The number of para-hydroxylation sites is 5. The van der Waals surface area contributed by atoms with Crippen molar-refractivity contribution in [1.82, 2.24) is 0 Å². The van der Waals surface area contributed by atoms with Crippen LogP contribution in [0.2, 0.25) is 0 Å². The fourth-order valence-corrected chi connectivity index (χ4v) is 9.65. The number of benzene rings is 9. The summed E-state index contributed by atoms with van der Waals surface area (Å²) in [4.78, 5) is 4.71. The molecule has 0 fully saturated rings. The Morgan fingerprint density at radius 3 is 1.51 bits per heavy atom. The Morgan fingerprint density at radius 1 is 0.305 bits per heavy atom. The Hall–Kier alpha value is -7.82. The minimum absolute atomic E-state index is 0.594. The third-order valence-corrected chi connectivity index (χ3v) is 12.1. The molecule has 278 valence electrons. The fraction of sp³-hybridized carbons (Fsp3) is 0.0182.